The molecule has 0 radical (unpaired) electrons. The van der Waals surface area contributed by atoms with Crippen molar-refractivity contribution in [2.45, 2.75) is 102 Å². The van der Waals surface area contributed by atoms with Crippen LogP contribution in [0.2, 0.25) is 0 Å². The first-order valence-electron chi connectivity index (χ1n) is 15.4. The molecule has 0 saturated carbocycles. The van der Waals surface area contributed by atoms with Crippen LogP contribution < -0.4 is 11.1 Å². The van der Waals surface area contributed by atoms with Crippen LogP contribution in [0, 0.1) is 23.5 Å². The van der Waals surface area contributed by atoms with Gasteiger partial charge in [0, 0.05) is 31.1 Å². The number of anilines is 1. The summed E-state index contributed by atoms with van der Waals surface area (Å²) in [5.74, 6) is -5.82. The molecule has 2 heterocycles. The molecule has 13 heteroatoms. The van der Waals surface area contributed by atoms with Crippen molar-refractivity contribution in [3.05, 3.63) is 59.4 Å². The largest absolute Gasteiger partial charge is 0.369 e. The van der Waals surface area contributed by atoms with E-state index < -0.39 is 43.8 Å². The molecule has 8 nitrogen and oxygen atoms in total. The van der Waals surface area contributed by atoms with Gasteiger partial charge in [-0.05, 0) is 67.9 Å². The van der Waals surface area contributed by atoms with E-state index in [9.17, 15) is 26.4 Å². The van der Waals surface area contributed by atoms with E-state index in [0.717, 1.165) is 22.6 Å². The Bertz CT molecular complexity index is 1490. The van der Waals surface area contributed by atoms with Crippen molar-refractivity contribution < 1.29 is 30.8 Å². The van der Waals surface area contributed by atoms with Gasteiger partial charge in [-0.15, -0.1) is 0 Å². The highest BCUT2D eigenvalue weighted by atomic mass is 32.2. The molecule has 250 valence electrons. The van der Waals surface area contributed by atoms with Gasteiger partial charge in [0.05, 0.1) is 6.20 Å². The molecule has 4 atom stereocenters. The lowest BCUT2D eigenvalue weighted by Gasteiger charge is -2.53. The minimum Gasteiger partial charge on any atom is -0.369 e. The zero-order valence-corrected chi connectivity index (χ0v) is 27.7. The topological polar surface area (TPSA) is 118 Å². The Balaban J connectivity index is 2.16. The number of aliphatic imine (C=N–C) groups is 1. The molecule has 3 rings (SSSR count). The van der Waals surface area contributed by atoms with Gasteiger partial charge in [-0.25, -0.2) is 40.3 Å². The van der Waals surface area contributed by atoms with Crippen LogP contribution in [-0.2, 0) is 15.6 Å². The Morgan fingerprint density at radius 3 is 2.33 bits per heavy atom. The summed E-state index contributed by atoms with van der Waals surface area (Å²) < 4.78 is 86.4. The molecule has 1 amide bonds. The Kier molecular flexibility index (Phi) is 11.3. The number of nitrogens with two attached hydrogens (primary N) is 1. The van der Waals surface area contributed by atoms with Crippen molar-refractivity contribution in [3.8, 4) is 0 Å². The van der Waals surface area contributed by atoms with Crippen molar-refractivity contribution in [1.29, 1.82) is 0 Å². The number of hydrogen-bond acceptors (Lipinski definition) is 6. The number of carbonyl (C=O) groups excluding carboxylic acids is 1. The van der Waals surface area contributed by atoms with Crippen LogP contribution in [0.15, 0.2) is 41.5 Å². The second-order valence-electron chi connectivity index (χ2n) is 12.2. The van der Waals surface area contributed by atoms with Crippen LogP contribution >= 0.6 is 0 Å². The first kappa shape index (κ1) is 36.3. The number of nitrogens with one attached hydrogen (secondary N) is 1. The maximum absolute atomic E-state index is 16.0. The molecular formula is C32H45F4N5O3S. The van der Waals surface area contributed by atoms with Crippen molar-refractivity contribution in [1.82, 2.24) is 9.29 Å². The van der Waals surface area contributed by atoms with Gasteiger partial charge in [0.25, 0.3) is 5.91 Å². The number of aromatic nitrogens is 1. The normalized spacial score (nSPS) is 22.9. The first-order chi connectivity index (χ1) is 21.0. The molecule has 2 aromatic rings. The smallest absolute Gasteiger partial charge is 0.274 e. The van der Waals surface area contributed by atoms with Crippen LogP contribution in [0.4, 0.5) is 23.2 Å². The summed E-state index contributed by atoms with van der Waals surface area (Å²) in [6, 6.07) is 6.07. The minimum absolute atomic E-state index is 0.00811. The average Bonchev–Trinajstić information content (AvgIpc) is 2.98. The molecule has 0 saturated heterocycles. The van der Waals surface area contributed by atoms with E-state index in [1.807, 2.05) is 20.8 Å². The fraction of sp³-hybridized carbons (Fsp3) is 0.594. The Morgan fingerprint density at radius 1 is 1.07 bits per heavy atom. The van der Waals surface area contributed by atoms with E-state index in [1.54, 1.807) is 13.8 Å². The van der Waals surface area contributed by atoms with E-state index in [4.69, 9.17) is 10.7 Å². The minimum atomic E-state index is -4.29. The third kappa shape index (κ3) is 7.12. The summed E-state index contributed by atoms with van der Waals surface area (Å²) in [7, 11) is -2.99. The molecule has 1 aromatic carbocycles. The number of benzene rings is 1. The van der Waals surface area contributed by atoms with Crippen LogP contribution in [-0.4, -0.2) is 47.3 Å². The third-order valence-electron chi connectivity index (χ3n) is 9.24. The van der Waals surface area contributed by atoms with Gasteiger partial charge in [-0.1, -0.05) is 47.5 Å². The van der Waals surface area contributed by atoms with Crippen LogP contribution in [0.5, 0.6) is 0 Å². The van der Waals surface area contributed by atoms with E-state index >= 15 is 4.39 Å². The van der Waals surface area contributed by atoms with Gasteiger partial charge in [-0.3, -0.25) is 4.79 Å². The SMILES string of the molecule is CCCC(F)(F)CCC(C)C(C)CC1(CCC)C(CC)(c2cc(NC(=O)c3ccc(F)cn3)ccc2F)N=C(N)N(C)S1(=O)=O. The maximum atomic E-state index is 16.0. The number of pyridine rings is 1. The molecule has 3 N–H and O–H groups in total. The Morgan fingerprint density at radius 2 is 1.76 bits per heavy atom. The molecule has 0 spiro atoms. The summed E-state index contributed by atoms with van der Waals surface area (Å²) in [4.78, 5) is 21.4. The van der Waals surface area contributed by atoms with Crippen molar-refractivity contribution in [2.24, 2.45) is 22.6 Å². The van der Waals surface area contributed by atoms with Gasteiger partial charge in [-0.2, -0.15) is 0 Å². The van der Waals surface area contributed by atoms with Crippen LogP contribution in [0.25, 0.3) is 0 Å². The van der Waals surface area contributed by atoms with Crippen molar-refractivity contribution >= 4 is 27.6 Å². The summed E-state index contributed by atoms with van der Waals surface area (Å²) >= 11 is 0. The summed E-state index contributed by atoms with van der Waals surface area (Å²) in [6.07, 6.45) is 1.42. The van der Waals surface area contributed by atoms with Crippen LogP contribution in [0.3, 0.4) is 0 Å². The molecule has 0 aliphatic carbocycles. The van der Waals surface area contributed by atoms with Crippen molar-refractivity contribution in [3.63, 3.8) is 0 Å². The average molecular weight is 656 g/mol. The molecule has 0 bridgehead atoms. The fourth-order valence-corrected chi connectivity index (χ4v) is 9.01. The molecule has 1 aliphatic heterocycles. The zero-order chi connectivity index (χ0) is 33.8. The van der Waals surface area contributed by atoms with E-state index in [2.05, 4.69) is 10.3 Å². The third-order valence-corrected chi connectivity index (χ3v) is 11.8. The highest BCUT2D eigenvalue weighted by molar-refractivity contribution is 7.91. The maximum Gasteiger partial charge on any atom is 0.274 e. The predicted octanol–water partition coefficient (Wildman–Crippen LogP) is 7.22. The van der Waals surface area contributed by atoms with Gasteiger partial charge < -0.3 is 11.1 Å². The molecular weight excluding hydrogens is 610 g/mol. The molecule has 1 aliphatic rings. The number of alkyl halides is 2. The highest BCUT2D eigenvalue weighted by Gasteiger charge is 2.64. The summed E-state index contributed by atoms with van der Waals surface area (Å²) in [6.45, 7) is 8.89. The number of hydrogen-bond donors (Lipinski definition) is 2. The summed E-state index contributed by atoms with van der Waals surface area (Å²) in [5.41, 5.74) is 4.48. The quantitative estimate of drug-likeness (QED) is 0.208. The number of rotatable bonds is 14. The zero-order valence-electron chi connectivity index (χ0n) is 26.8. The molecule has 0 fully saturated rings. The number of nitrogens with zero attached hydrogens (tertiary/aromatic N) is 3. The number of carbonyl (C=O) groups is 1. The van der Waals surface area contributed by atoms with Gasteiger partial charge >= 0.3 is 0 Å². The van der Waals surface area contributed by atoms with Gasteiger partial charge in [0.15, 0.2) is 0 Å². The fourth-order valence-electron chi connectivity index (χ4n) is 6.54. The van der Waals surface area contributed by atoms with E-state index in [0.29, 0.717) is 12.8 Å². The lowest BCUT2D eigenvalue weighted by Crippen LogP contribution is -2.66. The van der Waals surface area contributed by atoms with E-state index in [-0.39, 0.29) is 73.3 Å². The highest BCUT2D eigenvalue weighted by Crippen LogP contribution is 2.55. The molecule has 1 aromatic heterocycles. The number of halogens is 4. The van der Waals surface area contributed by atoms with Crippen molar-refractivity contribution in [2.75, 3.05) is 12.4 Å². The number of sulfonamides is 1. The molecule has 45 heavy (non-hydrogen) atoms. The monoisotopic (exact) mass is 655 g/mol. The van der Waals surface area contributed by atoms with Gasteiger partial charge in [0.1, 0.15) is 27.6 Å². The lowest BCUT2D eigenvalue weighted by molar-refractivity contribution is -0.0238. The second kappa shape index (κ2) is 14.0. The lowest BCUT2D eigenvalue weighted by atomic mass is 9.68. The van der Waals surface area contributed by atoms with Crippen LogP contribution in [0.1, 0.15) is 102 Å². The standard InChI is InChI=1S/C32H45F4N5O3S/c1-7-15-30(19-22(5)21(4)14-17-31(35,36)16-8-2)32(9-3,40-29(37)41(6)45(30,43)44)25-18-24(11-12-26(25)34)39-28(42)27-13-10-23(33)20-38-27/h10-13,18,20-22H,7-9,14-17,19H2,1-6H3,(H2,37,40)(H,39,42). The Hall–Kier alpha value is -3.22. The Labute approximate surface area is 263 Å². The number of guanidine groups is 1. The van der Waals surface area contributed by atoms with E-state index in [1.165, 1.54) is 25.2 Å². The molecule has 4 unspecified atom stereocenters. The number of amides is 1. The van der Waals surface area contributed by atoms with Gasteiger partial charge in [0.2, 0.25) is 21.9 Å². The predicted molar refractivity (Wildman–Crippen MR) is 168 cm³/mol. The first-order valence-corrected chi connectivity index (χ1v) is 16.9. The second-order valence-corrected chi connectivity index (χ2v) is 14.5. The summed E-state index contributed by atoms with van der Waals surface area (Å²) in [5, 5.41) is 2.62.